The minimum atomic E-state index is -4.70. The molecule has 0 heterocycles. The van der Waals surface area contributed by atoms with Gasteiger partial charge in [-0.15, -0.1) is 0 Å². The van der Waals surface area contributed by atoms with Crippen LogP contribution in [0, 0.1) is 0 Å². The Morgan fingerprint density at radius 1 is 1.43 bits per heavy atom. The summed E-state index contributed by atoms with van der Waals surface area (Å²) in [5, 5.41) is 0. The highest BCUT2D eigenvalue weighted by molar-refractivity contribution is 7.92. The molecule has 21 heavy (non-hydrogen) atoms. The molecule has 0 bridgehead atoms. The van der Waals surface area contributed by atoms with Crippen LogP contribution >= 0.6 is 12.2 Å². The maximum atomic E-state index is 12.9. The molecule has 1 aromatic carbocycles. The average molecular weight is 342 g/mol. The first-order valence-electron chi connectivity index (χ1n) is 5.57. The predicted octanol–water partition coefficient (Wildman–Crippen LogP) is 1.73. The fourth-order valence-electron chi connectivity index (χ4n) is 1.48. The lowest BCUT2D eigenvalue weighted by molar-refractivity contribution is -0.137. The van der Waals surface area contributed by atoms with Crippen LogP contribution in [-0.2, 0) is 20.9 Å². The SMILES string of the molecule is COCCS(=O)(=O)Nc1ccc(C(N)=S)c(C(F)(F)F)c1. The van der Waals surface area contributed by atoms with Crippen molar-refractivity contribution in [3.63, 3.8) is 0 Å². The number of nitrogens with two attached hydrogens (primary N) is 1. The first-order chi connectivity index (χ1) is 9.57. The van der Waals surface area contributed by atoms with Crippen molar-refractivity contribution in [3.8, 4) is 0 Å². The Hall–Kier alpha value is -1.39. The second-order valence-electron chi connectivity index (χ2n) is 4.04. The molecular weight excluding hydrogens is 329 g/mol. The van der Waals surface area contributed by atoms with Crippen LogP contribution in [0.5, 0.6) is 0 Å². The monoisotopic (exact) mass is 342 g/mol. The summed E-state index contributed by atoms with van der Waals surface area (Å²) in [4.78, 5) is -0.420. The Morgan fingerprint density at radius 3 is 2.52 bits per heavy atom. The number of thiocarbonyl (C=S) groups is 1. The molecule has 0 atom stereocenters. The summed E-state index contributed by atoms with van der Waals surface area (Å²) in [6, 6.07) is 2.84. The van der Waals surface area contributed by atoms with Crippen molar-refractivity contribution in [1.29, 1.82) is 0 Å². The zero-order chi connectivity index (χ0) is 16.3. The topological polar surface area (TPSA) is 81.4 Å². The van der Waals surface area contributed by atoms with Gasteiger partial charge in [0.15, 0.2) is 0 Å². The molecule has 0 amide bonds. The lowest BCUT2D eigenvalue weighted by Gasteiger charge is -2.14. The quantitative estimate of drug-likeness (QED) is 0.770. The smallest absolute Gasteiger partial charge is 0.389 e. The van der Waals surface area contributed by atoms with Crippen LogP contribution in [0.3, 0.4) is 0 Å². The molecule has 0 aliphatic rings. The number of sulfonamides is 1. The van der Waals surface area contributed by atoms with E-state index < -0.39 is 26.8 Å². The van der Waals surface area contributed by atoms with Crippen LogP contribution in [0.2, 0.25) is 0 Å². The number of halogens is 3. The van der Waals surface area contributed by atoms with E-state index >= 15 is 0 Å². The van der Waals surface area contributed by atoms with Crippen LogP contribution < -0.4 is 10.5 Å². The molecule has 0 unspecified atom stereocenters. The summed E-state index contributed by atoms with van der Waals surface area (Å²) in [7, 11) is -2.48. The fraction of sp³-hybridized carbons (Fsp3) is 0.364. The molecule has 0 spiro atoms. The summed E-state index contributed by atoms with van der Waals surface area (Å²) >= 11 is 4.55. The zero-order valence-corrected chi connectivity index (χ0v) is 12.5. The first-order valence-corrected chi connectivity index (χ1v) is 7.63. The van der Waals surface area contributed by atoms with E-state index in [2.05, 4.69) is 17.0 Å². The molecule has 1 aromatic rings. The lowest BCUT2D eigenvalue weighted by Crippen LogP contribution is -2.21. The number of methoxy groups -OCH3 is 1. The van der Waals surface area contributed by atoms with Gasteiger partial charge in [-0.1, -0.05) is 12.2 Å². The first kappa shape index (κ1) is 17.7. The summed E-state index contributed by atoms with van der Waals surface area (Å²) in [5.74, 6) is -0.373. The van der Waals surface area contributed by atoms with E-state index in [4.69, 9.17) is 5.73 Å². The van der Waals surface area contributed by atoms with E-state index in [1.807, 2.05) is 4.72 Å². The van der Waals surface area contributed by atoms with Gasteiger partial charge < -0.3 is 10.5 Å². The van der Waals surface area contributed by atoms with E-state index in [0.717, 1.165) is 12.1 Å². The standard InChI is InChI=1S/C11H13F3N2O3S2/c1-19-4-5-21(17,18)16-7-2-3-8(10(15)20)9(6-7)11(12,13)14/h2-3,6,16H,4-5H2,1H3,(H2,15,20). The molecule has 0 aromatic heterocycles. The van der Waals surface area contributed by atoms with E-state index in [9.17, 15) is 21.6 Å². The van der Waals surface area contributed by atoms with Gasteiger partial charge in [-0.3, -0.25) is 4.72 Å². The molecule has 3 N–H and O–H groups in total. The average Bonchev–Trinajstić information content (AvgIpc) is 2.34. The van der Waals surface area contributed by atoms with E-state index in [1.54, 1.807) is 0 Å². The van der Waals surface area contributed by atoms with E-state index in [0.29, 0.717) is 6.07 Å². The molecule has 0 saturated carbocycles. The fourth-order valence-corrected chi connectivity index (χ4v) is 2.63. The minimum absolute atomic E-state index is 0.0770. The molecule has 0 radical (unpaired) electrons. The minimum Gasteiger partial charge on any atom is -0.389 e. The van der Waals surface area contributed by atoms with Crippen molar-refractivity contribution >= 4 is 32.9 Å². The number of rotatable bonds is 6. The number of benzene rings is 1. The number of anilines is 1. The highest BCUT2D eigenvalue weighted by Gasteiger charge is 2.34. The molecule has 1 rings (SSSR count). The van der Waals surface area contributed by atoms with Gasteiger partial charge in [-0.25, -0.2) is 8.42 Å². The maximum Gasteiger partial charge on any atom is 0.417 e. The Morgan fingerprint density at radius 2 is 2.05 bits per heavy atom. The summed E-state index contributed by atoms with van der Waals surface area (Å²) in [5.41, 5.74) is 3.55. The zero-order valence-electron chi connectivity index (χ0n) is 10.9. The molecule has 0 fully saturated rings. The van der Waals surface area contributed by atoms with Gasteiger partial charge in [0.1, 0.15) is 4.99 Å². The highest BCUT2D eigenvalue weighted by Crippen LogP contribution is 2.34. The van der Waals surface area contributed by atoms with E-state index in [1.165, 1.54) is 7.11 Å². The van der Waals surface area contributed by atoms with E-state index in [-0.39, 0.29) is 23.6 Å². The summed E-state index contributed by atoms with van der Waals surface area (Å²) < 4.78 is 68.6. The Bertz CT molecular complexity index is 630. The third-order valence-electron chi connectivity index (χ3n) is 2.42. The molecule has 0 saturated heterocycles. The largest absolute Gasteiger partial charge is 0.417 e. The second-order valence-corrected chi connectivity index (χ2v) is 6.32. The summed E-state index contributed by atoms with van der Waals surface area (Å²) in [6.45, 7) is -0.0770. The van der Waals surface area contributed by atoms with Gasteiger partial charge in [-0.2, -0.15) is 13.2 Å². The number of alkyl halides is 3. The van der Waals surface area contributed by atoms with Gasteiger partial charge in [0.25, 0.3) is 0 Å². The highest BCUT2D eigenvalue weighted by atomic mass is 32.2. The van der Waals surface area contributed by atoms with Gasteiger partial charge >= 0.3 is 6.18 Å². The second kappa shape index (κ2) is 6.58. The van der Waals surface area contributed by atoms with Crippen molar-refractivity contribution in [2.45, 2.75) is 6.18 Å². The molecule has 0 aliphatic carbocycles. The third kappa shape index (κ3) is 5.14. The van der Waals surface area contributed by atoms with Crippen LogP contribution in [0.25, 0.3) is 0 Å². The van der Waals surface area contributed by atoms with Crippen LogP contribution in [-0.4, -0.2) is 32.9 Å². The van der Waals surface area contributed by atoms with Gasteiger partial charge in [0.05, 0.1) is 17.9 Å². The van der Waals surface area contributed by atoms with Crippen molar-refractivity contribution in [2.24, 2.45) is 5.73 Å². The van der Waals surface area contributed by atoms with Crippen molar-refractivity contribution < 1.29 is 26.3 Å². The van der Waals surface area contributed by atoms with Crippen molar-refractivity contribution in [2.75, 3.05) is 24.2 Å². The Kier molecular flexibility index (Phi) is 5.54. The third-order valence-corrected chi connectivity index (χ3v) is 3.89. The lowest BCUT2D eigenvalue weighted by atomic mass is 10.1. The summed E-state index contributed by atoms with van der Waals surface area (Å²) in [6.07, 6.45) is -4.70. The maximum absolute atomic E-state index is 12.9. The molecule has 0 aliphatic heterocycles. The predicted molar refractivity (Wildman–Crippen MR) is 76.6 cm³/mol. The van der Waals surface area contributed by atoms with Gasteiger partial charge in [0.2, 0.25) is 10.0 Å². The number of hydrogen-bond acceptors (Lipinski definition) is 4. The van der Waals surface area contributed by atoms with Crippen LogP contribution in [0.4, 0.5) is 18.9 Å². The number of hydrogen-bond donors (Lipinski definition) is 2. The Balaban J connectivity index is 3.15. The van der Waals surface area contributed by atoms with Crippen molar-refractivity contribution in [3.05, 3.63) is 29.3 Å². The number of nitrogens with one attached hydrogen (secondary N) is 1. The van der Waals surface area contributed by atoms with Crippen LogP contribution in [0.1, 0.15) is 11.1 Å². The molecule has 5 nitrogen and oxygen atoms in total. The molecular formula is C11H13F3N2O3S2. The normalized spacial score (nSPS) is 12.2. The Labute approximate surface area is 125 Å². The van der Waals surface area contributed by atoms with Gasteiger partial charge in [-0.05, 0) is 18.2 Å². The molecule has 10 heteroatoms. The van der Waals surface area contributed by atoms with Crippen LogP contribution in [0.15, 0.2) is 18.2 Å². The van der Waals surface area contributed by atoms with Gasteiger partial charge in [0, 0.05) is 18.4 Å². The van der Waals surface area contributed by atoms with Crippen molar-refractivity contribution in [1.82, 2.24) is 0 Å². The molecule has 118 valence electrons. The number of ether oxygens (including phenoxy) is 1.